The van der Waals surface area contributed by atoms with E-state index in [4.69, 9.17) is 0 Å². The predicted molar refractivity (Wildman–Crippen MR) is 64.4 cm³/mol. The molecule has 2 rings (SSSR count). The Kier molecular flexibility index (Phi) is 3.66. The van der Waals surface area contributed by atoms with Gasteiger partial charge in [0.05, 0.1) is 0 Å². The molecule has 1 amide bonds. The van der Waals surface area contributed by atoms with Gasteiger partial charge in [-0.1, -0.05) is 30.4 Å². The zero-order valence-corrected chi connectivity index (χ0v) is 10.1. The largest absolute Gasteiger partial charge is 0.300 e. The molecule has 0 bridgehead atoms. The van der Waals surface area contributed by atoms with E-state index in [1.54, 1.807) is 0 Å². The number of nitrogens with zero attached hydrogens (tertiary/aromatic N) is 2. The molecule has 5 heteroatoms. The third-order valence-corrected chi connectivity index (χ3v) is 3.62. The van der Waals surface area contributed by atoms with Gasteiger partial charge in [0, 0.05) is 5.92 Å². The molecule has 1 aliphatic rings. The molecule has 16 heavy (non-hydrogen) atoms. The smallest absolute Gasteiger partial charge is 0.229 e. The van der Waals surface area contributed by atoms with Gasteiger partial charge in [0.2, 0.25) is 11.0 Å². The number of carbonyl (C=O) groups is 1. The average Bonchev–Trinajstić information content (AvgIpc) is 2.78. The van der Waals surface area contributed by atoms with Gasteiger partial charge in [-0.3, -0.25) is 4.79 Å². The highest BCUT2D eigenvalue weighted by Crippen LogP contribution is 2.21. The maximum absolute atomic E-state index is 11.9. The highest BCUT2D eigenvalue weighted by molar-refractivity contribution is 7.15. The summed E-state index contributed by atoms with van der Waals surface area (Å²) >= 11 is 1.45. The minimum absolute atomic E-state index is 0.0724. The molecule has 0 radical (unpaired) electrons. The predicted octanol–water partition coefficient (Wildman–Crippen LogP) is 2.40. The van der Waals surface area contributed by atoms with Crippen LogP contribution in [0.1, 0.15) is 31.2 Å². The summed E-state index contributed by atoms with van der Waals surface area (Å²) < 4.78 is 0. The van der Waals surface area contributed by atoms with Crippen LogP contribution < -0.4 is 5.32 Å². The van der Waals surface area contributed by atoms with Crippen LogP contribution in [-0.4, -0.2) is 16.1 Å². The highest BCUT2D eigenvalue weighted by atomic mass is 32.1. The fourth-order valence-corrected chi connectivity index (χ4v) is 2.37. The first kappa shape index (κ1) is 11.3. The molecular weight excluding hydrogens is 222 g/mol. The van der Waals surface area contributed by atoms with Crippen LogP contribution in [0.15, 0.2) is 12.2 Å². The second-order valence-corrected chi connectivity index (χ2v) is 4.89. The lowest BCUT2D eigenvalue weighted by Crippen LogP contribution is -2.23. The summed E-state index contributed by atoms with van der Waals surface area (Å²) in [6, 6.07) is 0. The molecule has 1 aromatic heterocycles. The van der Waals surface area contributed by atoms with Gasteiger partial charge in [-0.25, -0.2) is 0 Å². The molecule has 0 aliphatic heterocycles. The number of allylic oxidation sites excluding steroid dienone is 2. The van der Waals surface area contributed by atoms with Gasteiger partial charge < -0.3 is 5.32 Å². The van der Waals surface area contributed by atoms with Gasteiger partial charge in [0.1, 0.15) is 5.01 Å². The quantitative estimate of drug-likeness (QED) is 0.821. The van der Waals surface area contributed by atoms with Crippen LogP contribution in [0, 0.1) is 5.92 Å². The number of aromatic nitrogens is 2. The van der Waals surface area contributed by atoms with Gasteiger partial charge in [-0.15, -0.1) is 10.2 Å². The average molecular weight is 237 g/mol. The molecule has 0 saturated heterocycles. The van der Waals surface area contributed by atoms with E-state index in [2.05, 4.69) is 27.7 Å². The fraction of sp³-hybridized carbons (Fsp3) is 0.545. The fourth-order valence-electron chi connectivity index (χ4n) is 1.69. The molecular formula is C11H15N3OS. The molecule has 1 N–H and O–H groups in total. The maximum Gasteiger partial charge on any atom is 0.229 e. The van der Waals surface area contributed by atoms with E-state index < -0.39 is 0 Å². The van der Waals surface area contributed by atoms with E-state index in [9.17, 15) is 4.79 Å². The molecule has 1 unspecified atom stereocenters. The Balaban J connectivity index is 1.93. The van der Waals surface area contributed by atoms with Crippen molar-refractivity contribution in [2.45, 2.75) is 32.6 Å². The molecule has 0 fully saturated rings. The van der Waals surface area contributed by atoms with Crippen LogP contribution in [0.3, 0.4) is 0 Å². The molecule has 0 saturated carbocycles. The number of nitrogens with one attached hydrogen (secondary N) is 1. The molecule has 1 aromatic rings. The minimum Gasteiger partial charge on any atom is -0.300 e. The van der Waals surface area contributed by atoms with Crippen LogP contribution >= 0.6 is 11.3 Å². The molecule has 86 valence electrons. The van der Waals surface area contributed by atoms with Gasteiger partial charge in [-0.05, 0) is 25.7 Å². The number of hydrogen-bond donors (Lipinski definition) is 1. The lowest BCUT2D eigenvalue weighted by Gasteiger charge is -2.15. The Labute approximate surface area is 98.8 Å². The highest BCUT2D eigenvalue weighted by Gasteiger charge is 2.19. The van der Waals surface area contributed by atoms with Crippen molar-refractivity contribution in [2.24, 2.45) is 5.92 Å². The number of aryl methyl sites for hydroxylation is 1. The van der Waals surface area contributed by atoms with Crippen LogP contribution in [0.2, 0.25) is 0 Å². The van der Waals surface area contributed by atoms with Crippen molar-refractivity contribution in [3.8, 4) is 0 Å². The van der Waals surface area contributed by atoms with Crippen LogP contribution in [-0.2, 0) is 11.2 Å². The van der Waals surface area contributed by atoms with Gasteiger partial charge in [0.25, 0.3) is 0 Å². The van der Waals surface area contributed by atoms with Crippen LogP contribution in [0.4, 0.5) is 5.13 Å². The third-order valence-electron chi connectivity index (χ3n) is 2.64. The van der Waals surface area contributed by atoms with Gasteiger partial charge >= 0.3 is 0 Å². The molecule has 1 atom stereocenters. The van der Waals surface area contributed by atoms with E-state index in [0.717, 1.165) is 30.7 Å². The van der Waals surface area contributed by atoms with Gasteiger partial charge in [-0.2, -0.15) is 0 Å². The standard InChI is InChI=1S/C11H15N3OS/c1-2-9-13-14-11(16-9)12-10(15)8-6-4-3-5-7-8/h3-4,8H,2,5-7H2,1H3,(H,12,14,15). The first-order valence-electron chi connectivity index (χ1n) is 5.58. The van der Waals surface area contributed by atoms with Gasteiger partial charge in [0.15, 0.2) is 0 Å². The normalized spacial score (nSPS) is 19.7. The Morgan fingerprint density at radius 1 is 1.56 bits per heavy atom. The van der Waals surface area contributed by atoms with Crippen molar-refractivity contribution in [1.82, 2.24) is 10.2 Å². The summed E-state index contributed by atoms with van der Waals surface area (Å²) in [5.41, 5.74) is 0. The topological polar surface area (TPSA) is 54.9 Å². The van der Waals surface area contributed by atoms with Crippen LogP contribution in [0.25, 0.3) is 0 Å². The van der Waals surface area contributed by atoms with Crippen molar-refractivity contribution >= 4 is 22.4 Å². The second kappa shape index (κ2) is 5.21. The van der Waals surface area contributed by atoms with Crippen molar-refractivity contribution in [2.75, 3.05) is 5.32 Å². The van der Waals surface area contributed by atoms with Crippen molar-refractivity contribution in [3.05, 3.63) is 17.2 Å². The lowest BCUT2D eigenvalue weighted by molar-refractivity contribution is -0.120. The number of rotatable bonds is 3. The first-order chi connectivity index (χ1) is 7.79. The molecule has 0 aromatic carbocycles. The summed E-state index contributed by atoms with van der Waals surface area (Å²) in [5, 5.41) is 12.3. The maximum atomic E-state index is 11.9. The molecule has 1 heterocycles. The SMILES string of the molecule is CCc1nnc(NC(=O)C2CC=CCC2)s1. The van der Waals surface area contributed by atoms with E-state index in [-0.39, 0.29) is 11.8 Å². The first-order valence-corrected chi connectivity index (χ1v) is 6.39. The number of amides is 1. The molecule has 1 aliphatic carbocycles. The van der Waals surface area contributed by atoms with E-state index >= 15 is 0 Å². The number of anilines is 1. The minimum atomic E-state index is 0.0724. The number of hydrogen-bond acceptors (Lipinski definition) is 4. The zero-order chi connectivity index (χ0) is 11.4. The molecule has 0 spiro atoms. The Morgan fingerprint density at radius 3 is 3.06 bits per heavy atom. The number of carbonyl (C=O) groups excluding carboxylic acids is 1. The van der Waals surface area contributed by atoms with Crippen molar-refractivity contribution in [1.29, 1.82) is 0 Å². The lowest BCUT2D eigenvalue weighted by atomic mass is 9.94. The van der Waals surface area contributed by atoms with E-state index in [1.165, 1.54) is 11.3 Å². The summed E-state index contributed by atoms with van der Waals surface area (Å²) in [4.78, 5) is 11.9. The van der Waals surface area contributed by atoms with Crippen molar-refractivity contribution < 1.29 is 4.79 Å². The van der Waals surface area contributed by atoms with Crippen LogP contribution in [0.5, 0.6) is 0 Å². The van der Waals surface area contributed by atoms with E-state index in [0.29, 0.717) is 5.13 Å². The summed E-state index contributed by atoms with van der Waals surface area (Å²) in [5.74, 6) is 0.169. The third kappa shape index (κ3) is 2.66. The molecule has 4 nitrogen and oxygen atoms in total. The monoisotopic (exact) mass is 237 g/mol. The Hall–Kier alpha value is -1.23. The van der Waals surface area contributed by atoms with Crippen molar-refractivity contribution in [3.63, 3.8) is 0 Å². The Bertz CT molecular complexity index is 400. The van der Waals surface area contributed by atoms with E-state index in [1.807, 2.05) is 6.92 Å². The summed E-state index contributed by atoms with van der Waals surface area (Å²) in [6.45, 7) is 2.03. The second-order valence-electron chi connectivity index (χ2n) is 3.83. The summed E-state index contributed by atoms with van der Waals surface area (Å²) in [7, 11) is 0. The summed E-state index contributed by atoms with van der Waals surface area (Å²) in [6.07, 6.45) is 7.83. The Morgan fingerprint density at radius 2 is 2.44 bits per heavy atom. The zero-order valence-electron chi connectivity index (χ0n) is 9.27.